The standard InChI is InChI=1S/C19H26N8/c1-20-19(22-10-6-9-15-7-4-3-5-8-15)23-12-11-21-17-16-13-26-27(2)18(16)25-14-24-17/h3-5,7-8,13-14H,6,9-12H2,1-2H3,(H2,20,22,23)(H,21,24,25). The summed E-state index contributed by atoms with van der Waals surface area (Å²) in [5.41, 5.74) is 2.18. The van der Waals surface area contributed by atoms with Crippen molar-refractivity contribution in [3.8, 4) is 0 Å². The molecule has 3 aromatic rings. The number of benzene rings is 1. The molecule has 0 amide bonds. The Balaban J connectivity index is 1.37. The monoisotopic (exact) mass is 366 g/mol. The summed E-state index contributed by atoms with van der Waals surface area (Å²) in [5, 5.41) is 15.1. The van der Waals surface area contributed by atoms with Crippen LogP contribution in [0.25, 0.3) is 11.0 Å². The highest BCUT2D eigenvalue weighted by atomic mass is 15.3. The number of aliphatic imine (C=N–C) groups is 1. The lowest BCUT2D eigenvalue weighted by atomic mass is 10.1. The predicted octanol–water partition coefficient (Wildman–Crippen LogP) is 1.57. The van der Waals surface area contributed by atoms with E-state index in [2.05, 4.69) is 60.3 Å². The average molecular weight is 366 g/mol. The third-order valence-electron chi connectivity index (χ3n) is 4.24. The van der Waals surface area contributed by atoms with E-state index in [1.165, 1.54) is 5.56 Å². The van der Waals surface area contributed by atoms with Crippen LogP contribution in [0.2, 0.25) is 0 Å². The van der Waals surface area contributed by atoms with Gasteiger partial charge in [-0.1, -0.05) is 30.3 Å². The highest BCUT2D eigenvalue weighted by molar-refractivity contribution is 5.86. The zero-order chi connectivity index (χ0) is 18.9. The van der Waals surface area contributed by atoms with Gasteiger partial charge in [0.05, 0.1) is 11.6 Å². The van der Waals surface area contributed by atoms with Gasteiger partial charge in [0.25, 0.3) is 0 Å². The van der Waals surface area contributed by atoms with Gasteiger partial charge in [0.15, 0.2) is 11.6 Å². The van der Waals surface area contributed by atoms with Crippen LogP contribution < -0.4 is 16.0 Å². The first-order chi connectivity index (χ1) is 13.3. The van der Waals surface area contributed by atoms with Gasteiger partial charge in [-0.25, -0.2) is 9.97 Å². The molecular formula is C19H26N8. The fourth-order valence-electron chi connectivity index (χ4n) is 2.83. The number of anilines is 1. The molecule has 0 aliphatic heterocycles. The second-order valence-electron chi connectivity index (χ2n) is 6.17. The largest absolute Gasteiger partial charge is 0.368 e. The van der Waals surface area contributed by atoms with Gasteiger partial charge in [-0.15, -0.1) is 0 Å². The first-order valence-corrected chi connectivity index (χ1v) is 9.13. The SMILES string of the molecule is CN=C(NCCCc1ccccc1)NCCNc1ncnc2c1cnn2C. The van der Waals surface area contributed by atoms with Crippen LogP contribution in [0.4, 0.5) is 5.82 Å². The zero-order valence-corrected chi connectivity index (χ0v) is 15.8. The number of fused-ring (bicyclic) bond motifs is 1. The lowest BCUT2D eigenvalue weighted by Crippen LogP contribution is -2.40. The van der Waals surface area contributed by atoms with Crippen molar-refractivity contribution in [2.75, 3.05) is 32.0 Å². The summed E-state index contributed by atoms with van der Waals surface area (Å²) in [5.74, 6) is 1.60. The quantitative estimate of drug-likeness (QED) is 0.318. The number of nitrogens with zero attached hydrogens (tertiary/aromatic N) is 5. The van der Waals surface area contributed by atoms with Gasteiger partial charge < -0.3 is 16.0 Å². The van der Waals surface area contributed by atoms with Crippen LogP contribution in [0, 0.1) is 0 Å². The summed E-state index contributed by atoms with van der Waals surface area (Å²) >= 11 is 0. The summed E-state index contributed by atoms with van der Waals surface area (Å²) in [6, 6.07) is 10.5. The highest BCUT2D eigenvalue weighted by Crippen LogP contribution is 2.16. The van der Waals surface area contributed by atoms with Crippen molar-refractivity contribution in [1.29, 1.82) is 0 Å². The number of nitrogens with one attached hydrogen (secondary N) is 3. The molecule has 8 heteroatoms. The molecule has 0 aliphatic carbocycles. The Kier molecular flexibility index (Phi) is 6.56. The van der Waals surface area contributed by atoms with Crippen molar-refractivity contribution >= 4 is 22.8 Å². The first kappa shape index (κ1) is 18.6. The summed E-state index contributed by atoms with van der Waals surface area (Å²) in [7, 11) is 3.65. The highest BCUT2D eigenvalue weighted by Gasteiger charge is 2.06. The Labute approximate surface area is 159 Å². The molecule has 27 heavy (non-hydrogen) atoms. The van der Waals surface area contributed by atoms with Crippen LogP contribution in [0.3, 0.4) is 0 Å². The number of hydrogen-bond acceptors (Lipinski definition) is 5. The molecule has 0 saturated carbocycles. The average Bonchev–Trinajstić information content (AvgIpc) is 3.09. The molecule has 1 aromatic carbocycles. The molecule has 0 fully saturated rings. The maximum atomic E-state index is 4.30. The van der Waals surface area contributed by atoms with Gasteiger partial charge in [-0.05, 0) is 18.4 Å². The minimum Gasteiger partial charge on any atom is -0.368 e. The second kappa shape index (κ2) is 9.51. The van der Waals surface area contributed by atoms with Crippen LogP contribution in [0.5, 0.6) is 0 Å². The van der Waals surface area contributed by atoms with E-state index in [1.54, 1.807) is 24.3 Å². The summed E-state index contributed by atoms with van der Waals surface area (Å²) in [6.45, 7) is 2.32. The molecule has 0 radical (unpaired) electrons. The maximum absolute atomic E-state index is 4.30. The Morgan fingerprint density at radius 2 is 1.89 bits per heavy atom. The van der Waals surface area contributed by atoms with E-state index >= 15 is 0 Å². The molecule has 0 saturated heterocycles. The van der Waals surface area contributed by atoms with E-state index in [0.717, 1.165) is 48.7 Å². The van der Waals surface area contributed by atoms with Crippen LogP contribution in [-0.2, 0) is 13.5 Å². The molecule has 0 aliphatic rings. The van der Waals surface area contributed by atoms with Crippen molar-refractivity contribution in [1.82, 2.24) is 30.4 Å². The van der Waals surface area contributed by atoms with Gasteiger partial charge in [0, 0.05) is 33.7 Å². The number of aromatic nitrogens is 4. The van der Waals surface area contributed by atoms with Gasteiger partial charge in [0.2, 0.25) is 0 Å². The molecule has 0 unspecified atom stereocenters. The zero-order valence-electron chi connectivity index (χ0n) is 15.8. The van der Waals surface area contributed by atoms with Crippen molar-refractivity contribution in [3.63, 3.8) is 0 Å². The third-order valence-corrected chi connectivity index (χ3v) is 4.24. The molecule has 2 heterocycles. The van der Waals surface area contributed by atoms with Gasteiger partial charge >= 0.3 is 0 Å². The van der Waals surface area contributed by atoms with E-state index in [0.29, 0.717) is 6.54 Å². The topological polar surface area (TPSA) is 92.1 Å². The van der Waals surface area contributed by atoms with Gasteiger partial charge in [-0.2, -0.15) is 5.10 Å². The number of hydrogen-bond donors (Lipinski definition) is 3. The summed E-state index contributed by atoms with van der Waals surface area (Å²) in [6.07, 6.45) is 5.44. The van der Waals surface area contributed by atoms with E-state index in [4.69, 9.17) is 0 Å². The number of guanidine groups is 1. The van der Waals surface area contributed by atoms with Crippen molar-refractivity contribution in [2.24, 2.45) is 12.0 Å². The predicted molar refractivity (Wildman–Crippen MR) is 109 cm³/mol. The van der Waals surface area contributed by atoms with Crippen molar-refractivity contribution in [2.45, 2.75) is 12.8 Å². The van der Waals surface area contributed by atoms with Crippen LogP contribution in [0.1, 0.15) is 12.0 Å². The van der Waals surface area contributed by atoms with E-state index in [9.17, 15) is 0 Å². The van der Waals surface area contributed by atoms with Gasteiger partial charge in [0.1, 0.15) is 12.1 Å². The maximum Gasteiger partial charge on any atom is 0.191 e. The summed E-state index contributed by atoms with van der Waals surface area (Å²) < 4.78 is 1.74. The van der Waals surface area contributed by atoms with E-state index in [1.807, 2.05) is 13.1 Å². The fraction of sp³-hybridized carbons (Fsp3) is 0.368. The van der Waals surface area contributed by atoms with Crippen LogP contribution in [0.15, 0.2) is 47.8 Å². The first-order valence-electron chi connectivity index (χ1n) is 9.13. The molecule has 142 valence electrons. The fourth-order valence-corrected chi connectivity index (χ4v) is 2.83. The lowest BCUT2D eigenvalue weighted by Gasteiger charge is -2.12. The molecule has 3 rings (SSSR count). The molecule has 0 atom stereocenters. The normalized spacial score (nSPS) is 11.6. The van der Waals surface area contributed by atoms with E-state index < -0.39 is 0 Å². The Bertz CT molecular complexity index is 872. The lowest BCUT2D eigenvalue weighted by molar-refractivity contribution is 0.744. The molecule has 2 aromatic heterocycles. The number of aryl methyl sites for hydroxylation is 2. The van der Waals surface area contributed by atoms with Crippen LogP contribution >= 0.6 is 0 Å². The Hall–Kier alpha value is -3.16. The molecule has 3 N–H and O–H groups in total. The van der Waals surface area contributed by atoms with Crippen LogP contribution in [-0.4, -0.2) is 52.4 Å². The van der Waals surface area contributed by atoms with Gasteiger partial charge in [-0.3, -0.25) is 9.67 Å². The Morgan fingerprint density at radius 3 is 2.70 bits per heavy atom. The van der Waals surface area contributed by atoms with Crippen molar-refractivity contribution in [3.05, 3.63) is 48.4 Å². The third kappa shape index (κ3) is 5.16. The smallest absolute Gasteiger partial charge is 0.191 e. The Morgan fingerprint density at radius 1 is 1.07 bits per heavy atom. The molecule has 0 bridgehead atoms. The molecular weight excluding hydrogens is 340 g/mol. The molecule has 8 nitrogen and oxygen atoms in total. The number of rotatable bonds is 8. The molecule has 0 spiro atoms. The minimum absolute atomic E-state index is 0.714. The second-order valence-corrected chi connectivity index (χ2v) is 6.17. The van der Waals surface area contributed by atoms with E-state index in [-0.39, 0.29) is 0 Å². The minimum atomic E-state index is 0.714. The summed E-state index contributed by atoms with van der Waals surface area (Å²) in [4.78, 5) is 12.8. The van der Waals surface area contributed by atoms with Crippen molar-refractivity contribution < 1.29 is 0 Å².